The van der Waals surface area contributed by atoms with E-state index in [1.165, 1.54) is 0 Å². The van der Waals surface area contributed by atoms with Crippen molar-refractivity contribution in [2.75, 3.05) is 11.9 Å². The fourth-order valence-corrected chi connectivity index (χ4v) is 2.98. The van der Waals surface area contributed by atoms with Gasteiger partial charge in [-0.1, -0.05) is 0 Å². The van der Waals surface area contributed by atoms with E-state index in [1.807, 2.05) is 16.8 Å². The molecule has 1 aromatic carbocycles. The summed E-state index contributed by atoms with van der Waals surface area (Å²) in [5, 5.41) is 21.7. The number of aromatic hydroxyl groups is 1. The maximum absolute atomic E-state index is 10.3. The lowest BCUT2D eigenvalue weighted by Crippen LogP contribution is -2.39. The second-order valence-corrected chi connectivity index (χ2v) is 6.32. The van der Waals surface area contributed by atoms with Gasteiger partial charge >= 0.3 is 0 Å². The first kappa shape index (κ1) is 15.5. The molecule has 0 atom stereocenters. The van der Waals surface area contributed by atoms with E-state index in [0.29, 0.717) is 29.2 Å². The van der Waals surface area contributed by atoms with Crippen molar-refractivity contribution in [2.24, 2.45) is 11.7 Å². The number of nitrogens with two attached hydrogens (primary N) is 1. The van der Waals surface area contributed by atoms with Crippen LogP contribution < -0.4 is 11.1 Å². The minimum absolute atomic E-state index is 0.117. The van der Waals surface area contributed by atoms with Crippen molar-refractivity contribution in [2.45, 2.75) is 18.9 Å². The maximum Gasteiger partial charge on any atom is 0.242 e. The summed E-state index contributed by atoms with van der Waals surface area (Å²) in [4.78, 5) is 8.27. The van der Waals surface area contributed by atoms with Crippen molar-refractivity contribution >= 4 is 5.95 Å². The molecule has 4 N–H and O–H groups in total. The zero-order chi connectivity index (χ0) is 17.2. The first-order valence-electron chi connectivity index (χ1n) is 8.20. The van der Waals surface area contributed by atoms with Gasteiger partial charge < -0.3 is 20.7 Å². The van der Waals surface area contributed by atoms with E-state index >= 15 is 0 Å². The Morgan fingerprint density at radius 2 is 2.16 bits per heavy atom. The maximum atomic E-state index is 10.3. The molecule has 8 nitrogen and oxygen atoms in total. The van der Waals surface area contributed by atoms with Gasteiger partial charge in [0, 0.05) is 36.6 Å². The van der Waals surface area contributed by atoms with Crippen LogP contribution in [0.25, 0.3) is 16.9 Å². The lowest BCUT2D eigenvalue weighted by atomic mass is 9.81. The van der Waals surface area contributed by atoms with Crippen molar-refractivity contribution in [1.82, 2.24) is 24.7 Å². The predicted molar refractivity (Wildman–Crippen MR) is 93.2 cm³/mol. The van der Waals surface area contributed by atoms with E-state index < -0.39 is 0 Å². The molecule has 1 aliphatic rings. The molecular weight excluding hydrogens is 318 g/mol. The van der Waals surface area contributed by atoms with Gasteiger partial charge in [-0.2, -0.15) is 0 Å². The summed E-state index contributed by atoms with van der Waals surface area (Å²) in [6, 6.07) is 5.66. The number of phenolic OH excluding ortho intramolecular Hbond substituents is 1. The zero-order valence-corrected chi connectivity index (χ0v) is 13.6. The fraction of sp³-hybridized carbons (Fsp3) is 0.294. The molecule has 8 heteroatoms. The molecule has 0 amide bonds. The number of benzene rings is 1. The van der Waals surface area contributed by atoms with Crippen LogP contribution >= 0.6 is 0 Å². The topological polar surface area (TPSA) is 115 Å². The zero-order valence-electron chi connectivity index (χ0n) is 13.6. The fourth-order valence-electron chi connectivity index (χ4n) is 2.98. The molecule has 1 fully saturated rings. The Morgan fingerprint density at radius 3 is 2.80 bits per heavy atom. The van der Waals surface area contributed by atoms with E-state index in [4.69, 9.17) is 5.73 Å². The van der Waals surface area contributed by atoms with E-state index in [1.54, 1.807) is 30.9 Å². The van der Waals surface area contributed by atoms with Crippen LogP contribution in [0.5, 0.6) is 5.75 Å². The quantitative estimate of drug-likeness (QED) is 0.647. The number of hydrogen-bond donors (Lipinski definition) is 3. The minimum Gasteiger partial charge on any atom is -0.507 e. The highest BCUT2D eigenvalue weighted by Gasteiger charge is 2.25. The Balaban J connectivity index is 1.46. The van der Waals surface area contributed by atoms with Crippen molar-refractivity contribution in [3.05, 3.63) is 43.1 Å². The molecule has 4 rings (SSSR count). The van der Waals surface area contributed by atoms with Gasteiger partial charge in [0.15, 0.2) is 0 Å². The Hall–Kier alpha value is -3.00. The largest absolute Gasteiger partial charge is 0.507 e. The predicted octanol–water partition coefficient (Wildman–Crippen LogP) is 1.58. The van der Waals surface area contributed by atoms with Crippen molar-refractivity contribution in [3.63, 3.8) is 0 Å². The lowest BCUT2D eigenvalue weighted by Gasteiger charge is -2.32. The highest BCUT2D eigenvalue weighted by Crippen LogP contribution is 2.29. The van der Waals surface area contributed by atoms with Gasteiger partial charge in [0.25, 0.3) is 0 Å². The number of imidazole rings is 1. The number of aromatic nitrogens is 5. The number of nitrogens with one attached hydrogen (secondary N) is 1. The third kappa shape index (κ3) is 3.29. The van der Waals surface area contributed by atoms with Crippen LogP contribution in [0.1, 0.15) is 12.8 Å². The highest BCUT2D eigenvalue weighted by molar-refractivity contribution is 5.68. The van der Waals surface area contributed by atoms with Gasteiger partial charge in [-0.3, -0.25) is 0 Å². The molecule has 0 unspecified atom stereocenters. The molecule has 3 aromatic rings. The second kappa shape index (κ2) is 6.48. The number of anilines is 1. The lowest BCUT2D eigenvalue weighted by molar-refractivity contribution is 0.279. The second-order valence-electron chi connectivity index (χ2n) is 6.32. The molecule has 2 aromatic heterocycles. The molecule has 0 bridgehead atoms. The van der Waals surface area contributed by atoms with Gasteiger partial charge in [-0.05, 0) is 30.9 Å². The molecule has 0 aliphatic heterocycles. The van der Waals surface area contributed by atoms with Crippen molar-refractivity contribution in [1.29, 1.82) is 0 Å². The molecule has 0 radical (unpaired) electrons. The molecule has 2 heterocycles. The van der Waals surface area contributed by atoms with Crippen LogP contribution in [-0.4, -0.2) is 42.4 Å². The highest BCUT2D eigenvalue weighted by atomic mass is 16.3. The number of hydrogen-bond acceptors (Lipinski definition) is 7. The van der Waals surface area contributed by atoms with Gasteiger partial charge in [0.05, 0.1) is 18.2 Å². The summed E-state index contributed by atoms with van der Waals surface area (Å²) in [5.41, 5.74) is 7.70. The van der Waals surface area contributed by atoms with Crippen molar-refractivity contribution in [3.8, 4) is 22.7 Å². The molecule has 128 valence electrons. The van der Waals surface area contributed by atoms with E-state index in [9.17, 15) is 5.11 Å². The van der Waals surface area contributed by atoms with E-state index in [0.717, 1.165) is 25.1 Å². The van der Waals surface area contributed by atoms with Crippen LogP contribution in [0, 0.1) is 5.92 Å². The Bertz CT molecular complexity index is 842. The Morgan fingerprint density at radius 1 is 1.28 bits per heavy atom. The summed E-state index contributed by atoms with van der Waals surface area (Å²) in [6.07, 6.45) is 8.85. The molecular formula is C17H19N7O. The van der Waals surface area contributed by atoms with Gasteiger partial charge in [-0.25, -0.2) is 9.97 Å². The number of rotatable bonds is 5. The van der Waals surface area contributed by atoms with Crippen molar-refractivity contribution < 1.29 is 5.11 Å². The van der Waals surface area contributed by atoms with Crippen LogP contribution in [0.15, 0.2) is 43.1 Å². The van der Waals surface area contributed by atoms with E-state index in [-0.39, 0.29) is 5.75 Å². The Kier molecular flexibility index (Phi) is 4.02. The first-order chi connectivity index (χ1) is 12.2. The van der Waals surface area contributed by atoms with Crippen LogP contribution in [0.4, 0.5) is 5.95 Å². The summed E-state index contributed by atoms with van der Waals surface area (Å²) in [7, 11) is 0. The third-order valence-corrected chi connectivity index (χ3v) is 4.44. The van der Waals surface area contributed by atoms with Gasteiger partial charge in [-0.15, -0.1) is 10.2 Å². The Labute approximate surface area is 144 Å². The molecule has 25 heavy (non-hydrogen) atoms. The minimum atomic E-state index is 0.117. The third-order valence-electron chi connectivity index (χ3n) is 4.44. The normalized spacial score (nSPS) is 19.4. The molecule has 0 saturated heterocycles. The van der Waals surface area contributed by atoms with Crippen LogP contribution in [-0.2, 0) is 0 Å². The number of nitrogens with zero attached hydrogens (tertiary/aromatic N) is 5. The van der Waals surface area contributed by atoms with Gasteiger partial charge in [0.1, 0.15) is 11.4 Å². The monoisotopic (exact) mass is 337 g/mol. The summed E-state index contributed by atoms with van der Waals surface area (Å²) in [5.74, 6) is 1.18. The average molecular weight is 337 g/mol. The summed E-state index contributed by atoms with van der Waals surface area (Å²) < 4.78 is 1.81. The standard InChI is InChI=1S/C17H19N7O/c18-12-5-11(6-12)8-20-17-21-9-15(22-23-17)14-2-1-13(7-16(14)25)24-4-3-19-10-24/h1-4,7,9-12,25H,5-6,8,18H2,(H,20,21,23). The van der Waals surface area contributed by atoms with Crippen LogP contribution in [0.2, 0.25) is 0 Å². The van der Waals surface area contributed by atoms with E-state index in [2.05, 4.69) is 25.5 Å². The SMILES string of the molecule is NC1CC(CNc2ncc(-c3ccc(-n4ccnc4)cc3O)nn2)C1. The summed E-state index contributed by atoms with van der Waals surface area (Å²) in [6.45, 7) is 0.805. The molecule has 0 spiro atoms. The number of phenols is 1. The van der Waals surface area contributed by atoms with Crippen LogP contribution in [0.3, 0.4) is 0 Å². The molecule has 1 saturated carbocycles. The van der Waals surface area contributed by atoms with Gasteiger partial charge in [0.2, 0.25) is 5.95 Å². The smallest absolute Gasteiger partial charge is 0.242 e. The first-order valence-corrected chi connectivity index (χ1v) is 8.20. The summed E-state index contributed by atoms with van der Waals surface area (Å²) >= 11 is 0. The average Bonchev–Trinajstić information content (AvgIpc) is 3.13. The molecule has 1 aliphatic carbocycles.